The van der Waals surface area contributed by atoms with Crippen LogP contribution in [0, 0.1) is 6.92 Å². The third kappa shape index (κ3) is 4.64. The zero-order chi connectivity index (χ0) is 11.1. The molecule has 0 aromatic carbocycles. The monoisotopic (exact) mass is 226 g/mol. The van der Waals surface area contributed by atoms with Crippen LogP contribution < -0.4 is 5.73 Å². The molecule has 0 atom stereocenters. The topological polar surface area (TPSA) is 48.1 Å². The molecule has 1 heterocycles. The summed E-state index contributed by atoms with van der Waals surface area (Å²) in [7, 11) is 1.72. The lowest BCUT2D eigenvalue weighted by molar-refractivity contribution is 0.200. The van der Waals surface area contributed by atoms with Crippen molar-refractivity contribution in [3.05, 3.63) is 23.4 Å². The molecule has 2 N–H and O–H groups in total. The van der Waals surface area contributed by atoms with Gasteiger partial charge >= 0.3 is 0 Å². The predicted molar refractivity (Wildman–Crippen MR) is 64.1 cm³/mol. The average molecular weight is 226 g/mol. The Bertz CT molecular complexity index is 305. The Balaban J connectivity index is 2.49. The summed E-state index contributed by atoms with van der Waals surface area (Å²) in [6.07, 6.45) is 1.05. The van der Waals surface area contributed by atoms with Gasteiger partial charge in [-0.2, -0.15) is 0 Å². The molecule has 84 valence electrons. The molecule has 0 radical (unpaired) electrons. The summed E-state index contributed by atoms with van der Waals surface area (Å²) in [5.41, 5.74) is 7.79. The summed E-state index contributed by atoms with van der Waals surface area (Å²) >= 11 is 1.76. The predicted octanol–water partition coefficient (Wildman–Crippen LogP) is 1.98. The van der Waals surface area contributed by atoms with E-state index < -0.39 is 0 Å². The molecule has 0 spiro atoms. The van der Waals surface area contributed by atoms with Crippen molar-refractivity contribution in [2.24, 2.45) is 5.73 Å². The fraction of sp³-hybridized carbons (Fsp3) is 0.545. The number of rotatable bonds is 6. The maximum absolute atomic E-state index is 5.61. The lowest BCUT2D eigenvalue weighted by atomic mass is 10.2. The number of nitrogens with zero attached hydrogens (tertiary/aromatic N) is 1. The number of hydrogen-bond donors (Lipinski definition) is 1. The van der Waals surface area contributed by atoms with Gasteiger partial charge in [0.1, 0.15) is 0 Å². The second-order valence-electron chi connectivity index (χ2n) is 3.35. The van der Waals surface area contributed by atoms with E-state index in [2.05, 4.69) is 11.1 Å². The van der Waals surface area contributed by atoms with Gasteiger partial charge in [-0.05, 0) is 31.0 Å². The van der Waals surface area contributed by atoms with Crippen molar-refractivity contribution in [1.82, 2.24) is 4.98 Å². The normalized spacial score (nSPS) is 10.6. The molecule has 0 aliphatic heterocycles. The molecule has 0 aliphatic carbocycles. The molecule has 1 rings (SSSR count). The van der Waals surface area contributed by atoms with E-state index in [1.807, 2.05) is 13.0 Å². The molecule has 15 heavy (non-hydrogen) atoms. The number of hydrogen-bond acceptors (Lipinski definition) is 4. The molecule has 0 aliphatic rings. The van der Waals surface area contributed by atoms with Gasteiger partial charge in [-0.1, -0.05) is 0 Å². The van der Waals surface area contributed by atoms with Crippen LogP contribution in [0.3, 0.4) is 0 Å². The number of aryl methyl sites for hydroxylation is 1. The molecule has 0 fully saturated rings. The van der Waals surface area contributed by atoms with Crippen LogP contribution in [-0.2, 0) is 11.3 Å². The van der Waals surface area contributed by atoms with Crippen molar-refractivity contribution in [2.45, 2.75) is 24.9 Å². The quantitative estimate of drug-likeness (QED) is 0.595. The van der Waals surface area contributed by atoms with Crippen LogP contribution in [0.5, 0.6) is 0 Å². The van der Waals surface area contributed by atoms with Crippen LogP contribution in [0.1, 0.15) is 17.7 Å². The highest BCUT2D eigenvalue weighted by molar-refractivity contribution is 7.99. The number of aromatic nitrogens is 1. The standard InChI is InChI=1S/C11H18N2OS/c1-9-6-10(8-12)7-11(13-9)15-5-3-4-14-2/h6-7H,3-5,8,12H2,1-2H3. The number of ether oxygens (including phenoxy) is 1. The Kier molecular flexibility index (Phi) is 5.68. The van der Waals surface area contributed by atoms with Crippen molar-refractivity contribution in [1.29, 1.82) is 0 Å². The van der Waals surface area contributed by atoms with Gasteiger partial charge in [-0.15, -0.1) is 11.8 Å². The zero-order valence-corrected chi connectivity index (χ0v) is 10.1. The van der Waals surface area contributed by atoms with E-state index in [0.717, 1.165) is 35.1 Å². The summed E-state index contributed by atoms with van der Waals surface area (Å²) in [5.74, 6) is 1.04. The van der Waals surface area contributed by atoms with Crippen molar-refractivity contribution >= 4 is 11.8 Å². The maximum atomic E-state index is 5.61. The first kappa shape index (κ1) is 12.5. The van der Waals surface area contributed by atoms with Crippen LogP contribution in [-0.4, -0.2) is 24.5 Å². The summed E-state index contributed by atoms with van der Waals surface area (Å²) in [6, 6.07) is 4.09. The first-order valence-electron chi connectivity index (χ1n) is 5.05. The second-order valence-corrected chi connectivity index (χ2v) is 4.47. The molecule has 1 aromatic rings. The van der Waals surface area contributed by atoms with Gasteiger partial charge in [0, 0.05) is 31.7 Å². The van der Waals surface area contributed by atoms with E-state index >= 15 is 0 Å². The highest BCUT2D eigenvalue weighted by Gasteiger charge is 1.99. The minimum Gasteiger partial charge on any atom is -0.385 e. The highest BCUT2D eigenvalue weighted by Crippen LogP contribution is 2.18. The lowest BCUT2D eigenvalue weighted by Gasteiger charge is -2.04. The Morgan fingerprint density at radius 2 is 2.27 bits per heavy atom. The van der Waals surface area contributed by atoms with Crippen LogP contribution >= 0.6 is 11.8 Å². The smallest absolute Gasteiger partial charge is 0.0966 e. The largest absolute Gasteiger partial charge is 0.385 e. The molecular weight excluding hydrogens is 208 g/mol. The molecule has 0 bridgehead atoms. The number of methoxy groups -OCH3 is 1. The van der Waals surface area contributed by atoms with E-state index in [1.54, 1.807) is 18.9 Å². The Morgan fingerprint density at radius 3 is 2.93 bits per heavy atom. The van der Waals surface area contributed by atoms with E-state index in [0.29, 0.717) is 6.54 Å². The number of thioether (sulfide) groups is 1. The lowest BCUT2D eigenvalue weighted by Crippen LogP contribution is -1.99. The summed E-state index contributed by atoms with van der Waals surface area (Å²) in [5, 5.41) is 1.06. The highest BCUT2D eigenvalue weighted by atomic mass is 32.2. The zero-order valence-electron chi connectivity index (χ0n) is 9.32. The van der Waals surface area contributed by atoms with Crippen molar-refractivity contribution < 1.29 is 4.74 Å². The third-order valence-corrected chi connectivity index (χ3v) is 2.97. The van der Waals surface area contributed by atoms with Gasteiger partial charge in [0.25, 0.3) is 0 Å². The van der Waals surface area contributed by atoms with Crippen molar-refractivity contribution in [3.8, 4) is 0 Å². The molecule has 1 aromatic heterocycles. The van der Waals surface area contributed by atoms with Crippen LogP contribution in [0.2, 0.25) is 0 Å². The van der Waals surface area contributed by atoms with Crippen molar-refractivity contribution in [2.75, 3.05) is 19.5 Å². The van der Waals surface area contributed by atoms with Gasteiger partial charge in [0.05, 0.1) is 5.03 Å². The fourth-order valence-corrected chi connectivity index (χ4v) is 2.19. The molecule has 0 amide bonds. The minimum absolute atomic E-state index is 0.578. The Labute approximate surface area is 95.4 Å². The van der Waals surface area contributed by atoms with E-state index in [4.69, 9.17) is 10.5 Å². The van der Waals surface area contributed by atoms with Gasteiger partial charge in [0.2, 0.25) is 0 Å². The average Bonchev–Trinajstić information content (AvgIpc) is 2.23. The number of pyridine rings is 1. The number of nitrogens with two attached hydrogens (primary N) is 1. The van der Waals surface area contributed by atoms with E-state index in [9.17, 15) is 0 Å². The molecule has 0 saturated heterocycles. The van der Waals surface area contributed by atoms with Gasteiger partial charge in [-0.25, -0.2) is 4.98 Å². The van der Waals surface area contributed by atoms with Crippen LogP contribution in [0.15, 0.2) is 17.2 Å². The molecule has 0 unspecified atom stereocenters. The second kappa shape index (κ2) is 6.82. The summed E-state index contributed by atoms with van der Waals surface area (Å²) in [4.78, 5) is 4.45. The van der Waals surface area contributed by atoms with E-state index in [1.165, 1.54) is 0 Å². The SMILES string of the molecule is COCCCSc1cc(CN)cc(C)n1. The first-order valence-corrected chi connectivity index (χ1v) is 6.04. The summed E-state index contributed by atoms with van der Waals surface area (Å²) < 4.78 is 4.99. The van der Waals surface area contributed by atoms with E-state index in [-0.39, 0.29) is 0 Å². The molecule has 3 nitrogen and oxygen atoms in total. The summed E-state index contributed by atoms with van der Waals surface area (Å²) in [6.45, 7) is 3.38. The van der Waals surface area contributed by atoms with Gasteiger partial charge < -0.3 is 10.5 Å². The van der Waals surface area contributed by atoms with Crippen LogP contribution in [0.4, 0.5) is 0 Å². The fourth-order valence-electron chi connectivity index (χ4n) is 1.28. The molecule has 0 saturated carbocycles. The van der Waals surface area contributed by atoms with Gasteiger partial charge in [0.15, 0.2) is 0 Å². The van der Waals surface area contributed by atoms with Crippen molar-refractivity contribution in [3.63, 3.8) is 0 Å². The Hall–Kier alpha value is -0.580. The minimum atomic E-state index is 0.578. The maximum Gasteiger partial charge on any atom is 0.0966 e. The molecule has 4 heteroatoms. The van der Waals surface area contributed by atoms with Crippen LogP contribution in [0.25, 0.3) is 0 Å². The molecular formula is C11H18N2OS. The Morgan fingerprint density at radius 1 is 1.47 bits per heavy atom. The van der Waals surface area contributed by atoms with Gasteiger partial charge in [-0.3, -0.25) is 0 Å². The first-order chi connectivity index (χ1) is 7.26. The third-order valence-electron chi connectivity index (χ3n) is 1.97.